The minimum absolute atomic E-state index is 0.0410. The molecule has 0 radical (unpaired) electrons. The molecule has 0 aliphatic rings. The van der Waals surface area contributed by atoms with Crippen molar-refractivity contribution in [1.82, 2.24) is 14.9 Å². The average molecular weight is 301 g/mol. The molecule has 1 aromatic carbocycles. The number of aliphatic hydroxyl groups excluding tert-OH is 1. The highest BCUT2D eigenvalue weighted by Crippen LogP contribution is 2.21. The van der Waals surface area contributed by atoms with Gasteiger partial charge in [-0.15, -0.1) is 0 Å². The number of hydrogen-bond acceptors (Lipinski definition) is 3. The van der Waals surface area contributed by atoms with Gasteiger partial charge in [0.2, 0.25) is 0 Å². The first-order valence-electron chi connectivity index (χ1n) is 7.39. The molecule has 2 rings (SSSR count). The van der Waals surface area contributed by atoms with Crippen LogP contribution >= 0.6 is 0 Å². The van der Waals surface area contributed by atoms with Gasteiger partial charge in [0, 0.05) is 23.6 Å². The fraction of sp³-hybridized carbons (Fsp3) is 0.412. The first-order chi connectivity index (χ1) is 10.4. The van der Waals surface area contributed by atoms with Gasteiger partial charge in [-0.25, -0.2) is 4.98 Å². The standard InChI is InChI=1S/C17H23N3O2/c1-17(2,3)10-14(11-21)19-16(22)13-5-4-6-15(9-13)20-8-7-18-12-20/h4-9,12,14,21H,10-11H2,1-3H3,(H,19,22). The van der Waals surface area contributed by atoms with Gasteiger partial charge in [-0.05, 0) is 30.0 Å². The Morgan fingerprint density at radius 1 is 1.41 bits per heavy atom. The molecule has 1 aromatic heterocycles. The van der Waals surface area contributed by atoms with Gasteiger partial charge in [-0.3, -0.25) is 4.79 Å². The van der Waals surface area contributed by atoms with Gasteiger partial charge in [-0.2, -0.15) is 0 Å². The molecule has 0 bridgehead atoms. The normalized spacial score (nSPS) is 12.9. The van der Waals surface area contributed by atoms with Gasteiger partial charge in [0.25, 0.3) is 5.91 Å². The van der Waals surface area contributed by atoms with Gasteiger partial charge in [0.1, 0.15) is 0 Å². The molecule has 0 aliphatic carbocycles. The summed E-state index contributed by atoms with van der Waals surface area (Å²) >= 11 is 0. The van der Waals surface area contributed by atoms with Crippen LogP contribution in [0, 0.1) is 5.41 Å². The Labute approximate surface area is 131 Å². The Hall–Kier alpha value is -2.14. The van der Waals surface area contributed by atoms with E-state index in [1.165, 1.54) is 0 Å². The molecule has 118 valence electrons. The lowest BCUT2D eigenvalue weighted by Crippen LogP contribution is -2.40. The number of nitrogens with zero attached hydrogens (tertiary/aromatic N) is 2. The summed E-state index contributed by atoms with van der Waals surface area (Å²) in [5.74, 6) is -0.176. The third kappa shape index (κ3) is 4.43. The van der Waals surface area contributed by atoms with Crippen molar-refractivity contribution in [2.45, 2.75) is 33.2 Å². The number of aliphatic hydroxyl groups is 1. The van der Waals surface area contributed by atoms with Crippen LogP contribution in [0.25, 0.3) is 5.69 Å². The maximum atomic E-state index is 12.4. The zero-order valence-corrected chi connectivity index (χ0v) is 13.3. The van der Waals surface area contributed by atoms with Crippen LogP contribution in [0.4, 0.5) is 0 Å². The monoisotopic (exact) mass is 301 g/mol. The quantitative estimate of drug-likeness (QED) is 0.891. The van der Waals surface area contributed by atoms with Crippen LogP contribution < -0.4 is 5.32 Å². The van der Waals surface area contributed by atoms with E-state index in [9.17, 15) is 9.90 Å². The van der Waals surface area contributed by atoms with E-state index < -0.39 is 0 Å². The number of carbonyl (C=O) groups excluding carboxylic acids is 1. The molecular weight excluding hydrogens is 278 g/mol. The van der Waals surface area contributed by atoms with Crippen molar-refractivity contribution in [3.05, 3.63) is 48.5 Å². The molecule has 5 nitrogen and oxygen atoms in total. The van der Waals surface area contributed by atoms with Crippen molar-refractivity contribution in [3.63, 3.8) is 0 Å². The molecule has 1 unspecified atom stereocenters. The van der Waals surface area contributed by atoms with E-state index in [0.717, 1.165) is 12.1 Å². The predicted molar refractivity (Wildman–Crippen MR) is 86.0 cm³/mol. The Bertz CT molecular complexity index is 615. The van der Waals surface area contributed by atoms with Crippen molar-refractivity contribution in [3.8, 4) is 5.69 Å². The third-order valence-corrected chi connectivity index (χ3v) is 3.33. The highest BCUT2D eigenvalue weighted by atomic mass is 16.3. The van der Waals surface area contributed by atoms with Crippen molar-refractivity contribution < 1.29 is 9.90 Å². The maximum Gasteiger partial charge on any atom is 0.251 e. The predicted octanol–water partition coefficient (Wildman–Crippen LogP) is 2.40. The molecule has 0 aliphatic heterocycles. The van der Waals surface area contributed by atoms with E-state index in [1.807, 2.05) is 29.0 Å². The molecule has 22 heavy (non-hydrogen) atoms. The summed E-state index contributed by atoms with van der Waals surface area (Å²) in [5.41, 5.74) is 1.49. The molecular formula is C17H23N3O2. The van der Waals surface area contributed by atoms with Crippen LogP contribution in [0.15, 0.2) is 43.0 Å². The van der Waals surface area contributed by atoms with Crippen LogP contribution in [0.5, 0.6) is 0 Å². The zero-order chi connectivity index (χ0) is 16.2. The van der Waals surface area contributed by atoms with E-state index in [0.29, 0.717) is 5.56 Å². The molecule has 5 heteroatoms. The Balaban J connectivity index is 2.11. The average Bonchev–Trinajstić information content (AvgIpc) is 2.99. The maximum absolute atomic E-state index is 12.4. The van der Waals surface area contributed by atoms with Crippen molar-refractivity contribution in [2.75, 3.05) is 6.61 Å². The summed E-state index contributed by atoms with van der Waals surface area (Å²) in [5, 5.41) is 12.4. The van der Waals surface area contributed by atoms with Gasteiger partial charge in [0.05, 0.1) is 19.0 Å². The molecule has 1 amide bonds. The molecule has 0 fully saturated rings. The summed E-state index contributed by atoms with van der Waals surface area (Å²) in [6.07, 6.45) is 5.93. The van der Waals surface area contributed by atoms with Crippen molar-refractivity contribution in [1.29, 1.82) is 0 Å². The van der Waals surface area contributed by atoms with E-state index in [2.05, 4.69) is 31.1 Å². The second-order valence-corrected chi connectivity index (χ2v) is 6.64. The smallest absolute Gasteiger partial charge is 0.251 e. The van der Waals surface area contributed by atoms with Crippen molar-refractivity contribution in [2.24, 2.45) is 5.41 Å². The summed E-state index contributed by atoms with van der Waals surface area (Å²) < 4.78 is 1.84. The summed E-state index contributed by atoms with van der Waals surface area (Å²) in [7, 11) is 0. The molecule has 0 saturated heterocycles. The first-order valence-corrected chi connectivity index (χ1v) is 7.39. The lowest BCUT2D eigenvalue weighted by atomic mass is 9.88. The van der Waals surface area contributed by atoms with Crippen LogP contribution in [0.2, 0.25) is 0 Å². The van der Waals surface area contributed by atoms with Crippen LogP contribution in [-0.4, -0.2) is 33.2 Å². The molecule has 0 spiro atoms. The highest BCUT2D eigenvalue weighted by molar-refractivity contribution is 5.94. The lowest BCUT2D eigenvalue weighted by Gasteiger charge is -2.25. The van der Waals surface area contributed by atoms with Gasteiger partial charge < -0.3 is 15.0 Å². The second-order valence-electron chi connectivity index (χ2n) is 6.64. The SMILES string of the molecule is CC(C)(C)CC(CO)NC(=O)c1cccc(-n2ccnc2)c1. The number of hydrogen-bond donors (Lipinski definition) is 2. The fourth-order valence-electron chi connectivity index (χ4n) is 2.39. The number of aromatic nitrogens is 2. The summed E-state index contributed by atoms with van der Waals surface area (Å²) in [6.45, 7) is 6.19. The fourth-order valence-corrected chi connectivity index (χ4v) is 2.39. The zero-order valence-electron chi connectivity index (χ0n) is 13.3. The minimum Gasteiger partial charge on any atom is -0.394 e. The Morgan fingerprint density at radius 2 is 2.18 bits per heavy atom. The number of nitrogens with one attached hydrogen (secondary N) is 1. The van der Waals surface area contributed by atoms with Crippen LogP contribution in [0.1, 0.15) is 37.6 Å². The molecule has 2 N–H and O–H groups in total. The number of carbonyl (C=O) groups is 1. The topological polar surface area (TPSA) is 67.2 Å². The summed E-state index contributed by atoms with van der Waals surface area (Å²) in [6, 6.07) is 7.08. The van der Waals surface area contributed by atoms with Gasteiger partial charge in [0.15, 0.2) is 0 Å². The largest absolute Gasteiger partial charge is 0.394 e. The van der Waals surface area contributed by atoms with Crippen molar-refractivity contribution >= 4 is 5.91 Å². The highest BCUT2D eigenvalue weighted by Gasteiger charge is 2.20. The minimum atomic E-state index is -0.246. The van der Waals surface area contributed by atoms with Crippen LogP contribution in [0.3, 0.4) is 0 Å². The second kappa shape index (κ2) is 6.75. The molecule has 2 aromatic rings. The number of imidazole rings is 1. The van der Waals surface area contributed by atoms with E-state index in [-0.39, 0.29) is 24.0 Å². The first kappa shape index (κ1) is 16.2. The summed E-state index contributed by atoms with van der Waals surface area (Å²) in [4.78, 5) is 16.4. The third-order valence-electron chi connectivity index (χ3n) is 3.33. The Morgan fingerprint density at radius 3 is 2.77 bits per heavy atom. The number of amides is 1. The number of benzene rings is 1. The molecule has 1 heterocycles. The van der Waals surface area contributed by atoms with Gasteiger partial charge >= 0.3 is 0 Å². The molecule has 0 saturated carbocycles. The van der Waals surface area contributed by atoms with E-state index in [4.69, 9.17) is 0 Å². The van der Waals surface area contributed by atoms with E-state index in [1.54, 1.807) is 18.6 Å². The molecule has 1 atom stereocenters. The number of rotatable bonds is 5. The lowest BCUT2D eigenvalue weighted by molar-refractivity contribution is 0.0897. The van der Waals surface area contributed by atoms with Gasteiger partial charge in [-0.1, -0.05) is 26.8 Å². The van der Waals surface area contributed by atoms with E-state index >= 15 is 0 Å². The Kier molecular flexibility index (Phi) is 4.98. The van der Waals surface area contributed by atoms with Crippen LogP contribution in [-0.2, 0) is 0 Å².